The smallest absolute Gasteiger partial charge is 0.340 e. The van der Waals surface area contributed by atoms with Crippen LogP contribution in [-0.4, -0.2) is 56.9 Å². The van der Waals surface area contributed by atoms with Crippen LogP contribution in [0.5, 0.6) is 0 Å². The van der Waals surface area contributed by atoms with E-state index in [2.05, 4.69) is 0 Å². The van der Waals surface area contributed by atoms with Gasteiger partial charge in [-0.2, -0.15) is 0 Å². The molecule has 0 N–H and O–H groups in total. The third-order valence-corrected chi connectivity index (χ3v) is 6.64. The third-order valence-electron chi connectivity index (χ3n) is 5.04. The number of nitrogens with zero attached hydrogens (tertiary/aromatic N) is 1. The van der Waals surface area contributed by atoms with Gasteiger partial charge in [0.05, 0.1) is 56.1 Å². The molecule has 0 aliphatic carbocycles. The molecule has 146 valence electrons. The Morgan fingerprint density at radius 3 is 1.85 bits per heavy atom. The van der Waals surface area contributed by atoms with Crippen molar-refractivity contribution in [3.8, 4) is 0 Å². The number of esters is 4. The summed E-state index contributed by atoms with van der Waals surface area (Å²) in [5, 5.41) is -1.07. The minimum absolute atomic E-state index is 0.0547. The fraction of sp³-hybridized carbons (Fsp3) is 0.529. The summed E-state index contributed by atoms with van der Waals surface area (Å²) in [5.74, 6) is -4.17. The van der Waals surface area contributed by atoms with Crippen LogP contribution in [0.3, 0.4) is 0 Å². The number of thioether (sulfide) groups is 1. The first-order chi connectivity index (χ1) is 12.8. The second-order valence-electron chi connectivity index (χ2n) is 6.12. The molecule has 3 rings (SSSR count). The van der Waals surface area contributed by atoms with Gasteiger partial charge in [-0.05, 0) is 6.92 Å². The number of rotatable bonds is 4. The van der Waals surface area contributed by atoms with Gasteiger partial charge in [0.1, 0.15) is 5.92 Å². The molecule has 9 nitrogen and oxygen atoms in total. The highest BCUT2D eigenvalue weighted by Gasteiger charge is 2.61. The summed E-state index contributed by atoms with van der Waals surface area (Å²) in [5.41, 5.74) is 1.06. The molecular weight excluding hydrogens is 378 g/mol. The number of hydrogen-bond donors (Lipinski definition) is 0. The van der Waals surface area contributed by atoms with Gasteiger partial charge in [-0.25, -0.2) is 9.59 Å². The molecule has 2 aliphatic heterocycles. The van der Waals surface area contributed by atoms with Gasteiger partial charge in [0.25, 0.3) is 0 Å². The Bertz CT molecular complexity index is 844. The quantitative estimate of drug-likeness (QED) is 0.547. The summed E-state index contributed by atoms with van der Waals surface area (Å²) < 4.78 is 21.2. The zero-order valence-electron chi connectivity index (χ0n) is 15.4. The molecule has 0 radical (unpaired) electrons. The van der Waals surface area contributed by atoms with Crippen molar-refractivity contribution in [1.82, 2.24) is 4.57 Å². The molecule has 2 aliphatic rings. The van der Waals surface area contributed by atoms with Crippen LogP contribution in [0.4, 0.5) is 0 Å². The third kappa shape index (κ3) is 2.53. The van der Waals surface area contributed by atoms with E-state index in [0.29, 0.717) is 11.4 Å². The molecule has 0 aromatic carbocycles. The Kier molecular flexibility index (Phi) is 4.94. The van der Waals surface area contributed by atoms with E-state index in [9.17, 15) is 19.2 Å². The Hall–Kier alpha value is -2.49. The zero-order chi connectivity index (χ0) is 20.0. The molecular formula is C17H19NO8S. The second-order valence-corrected chi connectivity index (χ2v) is 7.38. The van der Waals surface area contributed by atoms with Crippen LogP contribution in [0.25, 0.3) is 0 Å². The minimum atomic E-state index is -0.840. The van der Waals surface area contributed by atoms with Gasteiger partial charge in [-0.1, -0.05) is 0 Å². The molecule has 0 amide bonds. The van der Waals surface area contributed by atoms with Crippen LogP contribution >= 0.6 is 11.8 Å². The Morgan fingerprint density at radius 1 is 0.815 bits per heavy atom. The molecule has 1 fully saturated rings. The summed E-state index contributed by atoms with van der Waals surface area (Å²) in [7, 11) is 4.90. The summed E-state index contributed by atoms with van der Waals surface area (Å²) in [4.78, 5) is 49.6. The van der Waals surface area contributed by atoms with E-state index < -0.39 is 46.3 Å². The van der Waals surface area contributed by atoms with Crippen molar-refractivity contribution < 1.29 is 38.1 Å². The fourth-order valence-electron chi connectivity index (χ4n) is 3.94. The van der Waals surface area contributed by atoms with Crippen molar-refractivity contribution in [2.45, 2.75) is 17.5 Å². The molecule has 2 bridgehead atoms. The largest absolute Gasteiger partial charge is 0.469 e. The van der Waals surface area contributed by atoms with E-state index in [-0.39, 0.29) is 11.1 Å². The predicted octanol–water partition coefficient (Wildman–Crippen LogP) is 1.25. The minimum Gasteiger partial charge on any atom is -0.469 e. The summed E-state index contributed by atoms with van der Waals surface area (Å²) in [6.45, 7) is 1.66. The van der Waals surface area contributed by atoms with Crippen molar-refractivity contribution in [2.24, 2.45) is 11.8 Å². The maximum absolute atomic E-state index is 12.5. The van der Waals surface area contributed by atoms with Crippen LogP contribution in [0.15, 0.2) is 0 Å². The molecule has 4 atom stereocenters. The van der Waals surface area contributed by atoms with Gasteiger partial charge < -0.3 is 23.5 Å². The number of hydrogen-bond acceptors (Lipinski definition) is 9. The van der Waals surface area contributed by atoms with Crippen LogP contribution in [0.2, 0.25) is 0 Å². The summed E-state index contributed by atoms with van der Waals surface area (Å²) >= 11 is 1.36. The first-order valence-electron chi connectivity index (χ1n) is 8.06. The van der Waals surface area contributed by atoms with Crippen molar-refractivity contribution >= 4 is 35.6 Å². The number of ether oxygens (including phenoxy) is 4. The second kappa shape index (κ2) is 6.91. The predicted molar refractivity (Wildman–Crippen MR) is 92.2 cm³/mol. The Labute approximate surface area is 159 Å². The van der Waals surface area contributed by atoms with Gasteiger partial charge in [0.2, 0.25) is 0 Å². The van der Waals surface area contributed by atoms with Crippen LogP contribution in [-0.2, 0) is 28.5 Å². The van der Waals surface area contributed by atoms with E-state index in [1.165, 1.54) is 40.2 Å². The number of carbonyl (C=O) groups excluding carboxylic acids is 4. The molecule has 0 saturated carbocycles. The van der Waals surface area contributed by atoms with Crippen molar-refractivity contribution in [3.05, 3.63) is 22.5 Å². The van der Waals surface area contributed by atoms with Crippen LogP contribution in [0, 0.1) is 18.8 Å². The van der Waals surface area contributed by atoms with Crippen molar-refractivity contribution in [1.29, 1.82) is 0 Å². The fourth-order valence-corrected chi connectivity index (χ4v) is 5.90. The van der Waals surface area contributed by atoms with Gasteiger partial charge in [0.15, 0.2) is 0 Å². The molecule has 0 unspecified atom stereocenters. The van der Waals surface area contributed by atoms with E-state index in [4.69, 9.17) is 18.9 Å². The lowest BCUT2D eigenvalue weighted by Crippen LogP contribution is -2.38. The standard InChI is InChI=1S/C17H19NO8S/c1-6-7(14(19)23-2)8(15(20)24-3)11-12-9(16(21)25-4)10(17(22)26-5)13(27-12)18(6)11/h9-10,12-13H,1-5H3/t9-,10+,12+,13-/m0/s1. The highest BCUT2D eigenvalue weighted by Crippen LogP contribution is 2.65. The highest BCUT2D eigenvalue weighted by atomic mass is 32.2. The lowest BCUT2D eigenvalue weighted by Gasteiger charge is -2.28. The molecule has 3 heterocycles. The lowest BCUT2D eigenvalue weighted by atomic mass is 9.84. The number of methoxy groups -OCH3 is 4. The molecule has 0 spiro atoms. The van der Waals surface area contributed by atoms with E-state index in [0.717, 1.165) is 0 Å². The maximum atomic E-state index is 12.5. The molecule has 1 aromatic heterocycles. The Balaban J connectivity index is 2.26. The van der Waals surface area contributed by atoms with Gasteiger partial charge >= 0.3 is 23.9 Å². The van der Waals surface area contributed by atoms with E-state index in [1.54, 1.807) is 11.5 Å². The topological polar surface area (TPSA) is 110 Å². The van der Waals surface area contributed by atoms with Crippen molar-refractivity contribution in [2.75, 3.05) is 28.4 Å². The normalized spacial score (nSPS) is 24.9. The van der Waals surface area contributed by atoms with Crippen LogP contribution in [0.1, 0.15) is 42.7 Å². The molecule has 1 saturated heterocycles. The van der Waals surface area contributed by atoms with E-state index in [1.807, 2.05) is 0 Å². The van der Waals surface area contributed by atoms with Gasteiger partial charge in [-0.15, -0.1) is 11.8 Å². The molecule has 27 heavy (non-hydrogen) atoms. The average molecular weight is 397 g/mol. The average Bonchev–Trinajstić information content (AvgIpc) is 3.33. The molecule has 1 aromatic rings. The highest BCUT2D eigenvalue weighted by molar-refractivity contribution is 8.00. The lowest BCUT2D eigenvalue weighted by molar-refractivity contribution is -0.158. The van der Waals surface area contributed by atoms with E-state index >= 15 is 0 Å². The number of aromatic nitrogens is 1. The number of fused-ring (bicyclic) bond motifs is 5. The first-order valence-corrected chi connectivity index (χ1v) is 9.00. The number of carbonyl (C=O) groups is 4. The monoisotopic (exact) mass is 397 g/mol. The maximum Gasteiger partial charge on any atom is 0.340 e. The van der Waals surface area contributed by atoms with Gasteiger partial charge in [-0.3, -0.25) is 9.59 Å². The molecule has 10 heteroatoms. The first kappa shape index (κ1) is 19.3. The summed E-state index contributed by atoms with van der Waals surface area (Å²) in [6, 6.07) is 0. The van der Waals surface area contributed by atoms with Gasteiger partial charge in [0, 0.05) is 11.4 Å². The zero-order valence-corrected chi connectivity index (χ0v) is 16.2. The summed E-state index contributed by atoms with van der Waals surface area (Å²) in [6.07, 6.45) is 0. The Morgan fingerprint density at radius 2 is 1.33 bits per heavy atom. The SMILES string of the molecule is COC(=O)c1c(C(=O)OC)c2n(c1C)[C@H]1S[C@@H]2[C@@H](C(=O)OC)[C@H]1C(=O)OC. The van der Waals surface area contributed by atoms with Crippen LogP contribution < -0.4 is 0 Å². The van der Waals surface area contributed by atoms with Crippen molar-refractivity contribution in [3.63, 3.8) is 0 Å².